The Morgan fingerprint density at radius 1 is 1.21 bits per heavy atom. The molecule has 3 aliphatic rings. The first-order chi connectivity index (χ1) is 13.5. The quantitative estimate of drug-likeness (QED) is 0.775. The van der Waals surface area contributed by atoms with E-state index in [1.165, 1.54) is 0 Å². The minimum Gasteiger partial charge on any atom is -0.474 e. The minimum absolute atomic E-state index is 0.0436. The van der Waals surface area contributed by atoms with Crippen LogP contribution in [-0.2, 0) is 4.74 Å². The smallest absolute Gasteiger partial charge is 0.410 e. The molecule has 0 saturated carbocycles. The lowest BCUT2D eigenvalue weighted by Gasteiger charge is -2.31. The van der Waals surface area contributed by atoms with Crippen molar-refractivity contribution in [3.05, 3.63) is 12.4 Å². The molecule has 3 aliphatic heterocycles. The number of aromatic nitrogens is 2. The zero-order chi connectivity index (χ0) is 19.7. The van der Waals surface area contributed by atoms with Crippen LogP contribution in [0.2, 0.25) is 0 Å². The van der Waals surface area contributed by atoms with E-state index < -0.39 is 0 Å². The van der Waals surface area contributed by atoms with Gasteiger partial charge in [-0.05, 0) is 13.8 Å². The molecule has 1 aromatic heterocycles. The van der Waals surface area contributed by atoms with Gasteiger partial charge in [-0.25, -0.2) is 14.8 Å². The second-order valence-electron chi connectivity index (χ2n) is 7.93. The number of hydrogen-bond donors (Lipinski definition) is 0. The summed E-state index contributed by atoms with van der Waals surface area (Å²) in [6, 6.07) is 2.33. The van der Waals surface area contributed by atoms with Crippen LogP contribution in [0, 0.1) is 5.92 Å². The van der Waals surface area contributed by atoms with Crippen LogP contribution in [0.5, 0.6) is 5.88 Å². The first kappa shape index (κ1) is 18.8. The normalized spacial score (nSPS) is 24.8. The molecule has 2 fully saturated rings. The number of hydrogen-bond acceptors (Lipinski definition) is 8. The summed E-state index contributed by atoms with van der Waals surface area (Å²) in [4.78, 5) is 24.7. The molecule has 0 aromatic carbocycles. The molecule has 0 bridgehead atoms. The van der Waals surface area contributed by atoms with E-state index in [0.717, 1.165) is 31.7 Å². The third kappa shape index (κ3) is 3.98. The number of amides is 1. The lowest BCUT2D eigenvalue weighted by molar-refractivity contribution is 0.0507. The molecule has 4 rings (SSSR count). The Morgan fingerprint density at radius 2 is 2.00 bits per heavy atom. The molecule has 152 valence electrons. The maximum absolute atomic E-state index is 12.0. The molecule has 4 heterocycles. The number of likely N-dealkylation sites (N-methyl/N-ethyl adjacent to an activating group) is 1. The molecule has 1 amide bonds. The summed E-state index contributed by atoms with van der Waals surface area (Å²) in [5, 5.41) is 6.39. The Balaban J connectivity index is 1.31. The molecule has 0 spiro atoms. The Kier molecular flexibility index (Phi) is 5.23. The van der Waals surface area contributed by atoms with Crippen LogP contribution < -0.4 is 9.64 Å². The van der Waals surface area contributed by atoms with Gasteiger partial charge in [0.15, 0.2) is 0 Å². The van der Waals surface area contributed by atoms with E-state index in [-0.39, 0.29) is 18.3 Å². The van der Waals surface area contributed by atoms with Gasteiger partial charge in [-0.2, -0.15) is 5.10 Å². The van der Waals surface area contributed by atoms with E-state index in [1.54, 1.807) is 11.2 Å². The number of carbonyl (C=O) groups is 1. The zero-order valence-electron chi connectivity index (χ0n) is 16.7. The van der Waals surface area contributed by atoms with Crippen LogP contribution in [0.15, 0.2) is 17.5 Å². The summed E-state index contributed by atoms with van der Waals surface area (Å²) in [5.74, 6) is 1.92. The van der Waals surface area contributed by atoms with E-state index >= 15 is 0 Å². The van der Waals surface area contributed by atoms with Crippen LogP contribution in [0.1, 0.15) is 26.7 Å². The van der Waals surface area contributed by atoms with Gasteiger partial charge in [0.25, 0.3) is 0 Å². The average Bonchev–Trinajstić information content (AvgIpc) is 3.24. The van der Waals surface area contributed by atoms with E-state index in [1.807, 2.05) is 38.2 Å². The molecule has 0 N–H and O–H groups in total. The van der Waals surface area contributed by atoms with E-state index in [9.17, 15) is 4.79 Å². The highest BCUT2D eigenvalue weighted by Crippen LogP contribution is 2.29. The number of ether oxygens (including phenoxy) is 2. The fourth-order valence-corrected chi connectivity index (χ4v) is 3.99. The highest BCUT2D eigenvalue weighted by Gasteiger charge is 2.38. The largest absolute Gasteiger partial charge is 0.474 e. The van der Waals surface area contributed by atoms with E-state index in [0.29, 0.717) is 30.9 Å². The first-order valence-electron chi connectivity index (χ1n) is 9.95. The van der Waals surface area contributed by atoms with Crippen LogP contribution in [0.25, 0.3) is 0 Å². The van der Waals surface area contributed by atoms with Gasteiger partial charge in [0.2, 0.25) is 5.88 Å². The van der Waals surface area contributed by atoms with Crippen molar-refractivity contribution in [2.75, 3.05) is 38.1 Å². The SMILES string of the molecule is CC(C)OC(=O)N1CCC(Oc2cc(N3CC4C=NN(C)C4C3)ncn2)CC1. The topological polar surface area (TPSA) is 83.4 Å². The fourth-order valence-electron chi connectivity index (χ4n) is 3.99. The summed E-state index contributed by atoms with van der Waals surface area (Å²) in [6.45, 7) is 6.79. The van der Waals surface area contributed by atoms with Gasteiger partial charge >= 0.3 is 6.09 Å². The standard InChI is InChI=1S/C19H28N6O3/c1-13(2)27-19(26)24-6-4-15(5-7-24)28-18-8-17(20-12-21-18)25-10-14-9-22-23(3)16(14)11-25/h8-9,12-16H,4-7,10-11H2,1-3H3. The third-order valence-electron chi connectivity index (χ3n) is 5.53. The second-order valence-corrected chi connectivity index (χ2v) is 7.93. The molecule has 2 unspecified atom stereocenters. The first-order valence-corrected chi connectivity index (χ1v) is 9.95. The van der Waals surface area contributed by atoms with Crippen molar-refractivity contribution in [1.82, 2.24) is 19.9 Å². The summed E-state index contributed by atoms with van der Waals surface area (Å²) < 4.78 is 11.3. The van der Waals surface area contributed by atoms with Crippen molar-refractivity contribution in [3.8, 4) is 5.88 Å². The van der Waals surface area contributed by atoms with Crippen molar-refractivity contribution in [2.24, 2.45) is 11.0 Å². The molecule has 9 nitrogen and oxygen atoms in total. The molecule has 0 radical (unpaired) electrons. The Labute approximate surface area is 165 Å². The van der Waals surface area contributed by atoms with Gasteiger partial charge < -0.3 is 19.3 Å². The fraction of sp³-hybridized carbons (Fsp3) is 0.684. The molecule has 0 aliphatic carbocycles. The molecule has 1 aromatic rings. The lowest BCUT2D eigenvalue weighted by atomic mass is 10.1. The third-order valence-corrected chi connectivity index (χ3v) is 5.53. The van der Waals surface area contributed by atoms with Gasteiger partial charge in [-0.3, -0.25) is 5.01 Å². The molecule has 2 atom stereocenters. The second kappa shape index (κ2) is 7.81. The molecule has 9 heteroatoms. The van der Waals surface area contributed by atoms with Gasteiger partial charge in [0.1, 0.15) is 18.2 Å². The molecular formula is C19H28N6O3. The van der Waals surface area contributed by atoms with Gasteiger partial charge in [0.05, 0.1) is 12.1 Å². The number of fused-ring (bicyclic) bond motifs is 1. The summed E-state index contributed by atoms with van der Waals surface area (Å²) in [7, 11) is 2.02. The van der Waals surface area contributed by atoms with Gasteiger partial charge in [0, 0.05) is 64.3 Å². The molecular weight excluding hydrogens is 360 g/mol. The van der Waals surface area contributed by atoms with E-state index in [4.69, 9.17) is 9.47 Å². The number of likely N-dealkylation sites (tertiary alicyclic amines) is 1. The van der Waals surface area contributed by atoms with Crippen molar-refractivity contribution >= 4 is 18.1 Å². The Morgan fingerprint density at radius 3 is 2.71 bits per heavy atom. The number of carbonyl (C=O) groups excluding carboxylic acids is 1. The lowest BCUT2D eigenvalue weighted by Crippen LogP contribution is -2.42. The summed E-state index contributed by atoms with van der Waals surface area (Å²) in [6.07, 6.45) is 4.82. The Bertz CT molecular complexity index is 734. The Hall–Kier alpha value is -2.58. The highest BCUT2D eigenvalue weighted by molar-refractivity contribution is 5.68. The van der Waals surface area contributed by atoms with Crippen molar-refractivity contribution < 1.29 is 14.3 Å². The molecule has 2 saturated heterocycles. The number of nitrogens with zero attached hydrogens (tertiary/aromatic N) is 6. The monoisotopic (exact) mass is 388 g/mol. The number of anilines is 1. The summed E-state index contributed by atoms with van der Waals surface area (Å²) >= 11 is 0. The number of piperidine rings is 1. The minimum atomic E-state index is -0.245. The summed E-state index contributed by atoms with van der Waals surface area (Å²) in [5.41, 5.74) is 0. The predicted octanol–water partition coefficient (Wildman–Crippen LogP) is 1.60. The van der Waals surface area contributed by atoms with Crippen molar-refractivity contribution in [2.45, 2.75) is 44.9 Å². The molecule has 28 heavy (non-hydrogen) atoms. The van der Waals surface area contributed by atoms with Crippen molar-refractivity contribution in [3.63, 3.8) is 0 Å². The maximum atomic E-state index is 12.0. The van der Waals surface area contributed by atoms with Crippen LogP contribution in [0.4, 0.5) is 10.6 Å². The highest BCUT2D eigenvalue weighted by atomic mass is 16.6. The van der Waals surface area contributed by atoms with Crippen molar-refractivity contribution in [1.29, 1.82) is 0 Å². The number of rotatable bonds is 4. The van der Waals surface area contributed by atoms with Crippen LogP contribution in [-0.4, -0.2) is 83.7 Å². The maximum Gasteiger partial charge on any atom is 0.410 e. The average molecular weight is 388 g/mol. The predicted molar refractivity (Wildman–Crippen MR) is 105 cm³/mol. The van der Waals surface area contributed by atoms with E-state index in [2.05, 4.69) is 20.0 Å². The van der Waals surface area contributed by atoms with Gasteiger partial charge in [-0.15, -0.1) is 0 Å². The van der Waals surface area contributed by atoms with Gasteiger partial charge in [-0.1, -0.05) is 0 Å². The zero-order valence-corrected chi connectivity index (χ0v) is 16.7. The number of hydrazone groups is 1. The van der Waals surface area contributed by atoms with Crippen LogP contribution in [0.3, 0.4) is 0 Å². The van der Waals surface area contributed by atoms with Crippen LogP contribution >= 0.6 is 0 Å².